The van der Waals surface area contributed by atoms with Crippen molar-refractivity contribution in [2.75, 3.05) is 37.6 Å². The number of aromatic carboxylic acids is 1. The minimum atomic E-state index is -0.914. The highest BCUT2D eigenvalue weighted by molar-refractivity contribution is 6.34. The van der Waals surface area contributed by atoms with Gasteiger partial charge >= 0.3 is 5.97 Å². The van der Waals surface area contributed by atoms with Crippen molar-refractivity contribution in [3.8, 4) is 0 Å². The Balaban J connectivity index is 1.72. The number of benzene rings is 1. The van der Waals surface area contributed by atoms with E-state index in [9.17, 15) is 9.90 Å². The molecule has 0 spiro atoms. The highest BCUT2D eigenvalue weighted by Gasteiger charge is 2.28. The average molecular weight is 295 g/mol. The Labute approximate surface area is 123 Å². The van der Waals surface area contributed by atoms with Gasteiger partial charge in [0.15, 0.2) is 0 Å². The average Bonchev–Trinajstić information content (AvgIpc) is 3.23. The van der Waals surface area contributed by atoms with Crippen LogP contribution in [-0.4, -0.2) is 48.7 Å². The van der Waals surface area contributed by atoms with Gasteiger partial charge in [0, 0.05) is 32.7 Å². The van der Waals surface area contributed by atoms with Crippen LogP contribution in [0.15, 0.2) is 18.2 Å². The third-order valence-electron chi connectivity index (χ3n) is 4.12. The smallest absolute Gasteiger partial charge is 0.337 e. The topological polar surface area (TPSA) is 43.8 Å². The van der Waals surface area contributed by atoms with Crippen LogP contribution in [0.1, 0.15) is 23.2 Å². The van der Waals surface area contributed by atoms with Crippen molar-refractivity contribution in [2.45, 2.75) is 12.8 Å². The molecule has 3 rings (SSSR count). The number of carboxylic acids is 1. The number of piperazine rings is 1. The number of halogens is 1. The fraction of sp³-hybridized carbons (Fsp3) is 0.533. The maximum atomic E-state index is 11.3. The summed E-state index contributed by atoms with van der Waals surface area (Å²) in [5.74, 6) is -0.0145. The molecule has 0 amide bonds. The summed E-state index contributed by atoms with van der Waals surface area (Å²) in [6.07, 6.45) is 2.74. The van der Waals surface area contributed by atoms with E-state index in [-0.39, 0.29) is 0 Å². The molecule has 1 aromatic carbocycles. The zero-order valence-electron chi connectivity index (χ0n) is 11.4. The molecule has 5 heteroatoms. The second-order valence-electron chi connectivity index (χ2n) is 5.67. The van der Waals surface area contributed by atoms with E-state index >= 15 is 0 Å². The van der Waals surface area contributed by atoms with E-state index in [2.05, 4.69) is 9.80 Å². The number of para-hydroxylation sites is 1. The lowest BCUT2D eigenvalue weighted by atomic mass is 10.1. The van der Waals surface area contributed by atoms with Crippen molar-refractivity contribution in [2.24, 2.45) is 5.92 Å². The molecule has 0 unspecified atom stereocenters. The molecule has 1 saturated heterocycles. The monoisotopic (exact) mass is 294 g/mol. The zero-order chi connectivity index (χ0) is 14.1. The summed E-state index contributed by atoms with van der Waals surface area (Å²) in [5, 5.41) is 9.83. The summed E-state index contributed by atoms with van der Waals surface area (Å²) in [5.41, 5.74) is 0.973. The Kier molecular flexibility index (Phi) is 3.85. The van der Waals surface area contributed by atoms with Gasteiger partial charge in [0.25, 0.3) is 0 Å². The first-order chi connectivity index (χ1) is 9.65. The van der Waals surface area contributed by atoms with Crippen LogP contribution in [0.5, 0.6) is 0 Å². The first-order valence-corrected chi connectivity index (χ1v) is 7.52. The molecule has 20 heavy (non-hydrogen) atoms. The van der Waals surface area contributed by atoms with Gasteiger partial charge in [-0.25, -0.2) is 4.79 Å². The lowest BCUT2D eigenvalue weighted by Crippen LogP contribution is -2.47. The lowest BCUT2D eigenvalue weighted by molar-refractivity contribution is 0.0697. The van der Waals surface area contributed by atoms with E-state index in [4.69, 9.17) is 11.6 Å². The van der Waals surface area contributed by atoms with E-state index in [0.29, 0.717) is 16.3 Å². The van der Waals surface area contributed by atoms with Crippen LogP contribution in [0.25, 0.3) is 0 Å². The molecule has 0 bridgehead atoms. The van der Waals surface area contributed by atoms with Gasteiger partial charge in [-0.15, -0.1) is 0 Å². The third kappa shape index (κ3) is 2.91. The molecule has 1 heterocycles. The molecular weight excluding hydrogens is 276 g/mol. The van der Waals surface area contributed by atoms with Gasteiger partial charge in [-0.3, -0.25) is 4.90 Å². The maximum Gasteiger partial charge on any atom is 0.337 e. The van der Waals surface area contributed by atoms with Crippen molar-refractivity contribution in [3.05, 3.63) is 28.8 Å². The molecule has 1 aromatic rings. The van der Waals surface area contributed by atoms with Crippen molar-refractivity contribution >= 4 is 23.3 Å². The first kappa shape index (κ1) is 13.7. The van der Waals surface area contributed by atoms with Gasteiger partial charge in [0.1, 0.15) is 0 Å². The van der Waals surface area contributed by atoms with Gasteiger partial charge in [-0.05, 0) is 30.9 Å². The fourth-order valence-electron chi connectivity index (χ4n) is 2.83. The lowest BCUT2D eigenvalue weighted by Gasteiger charge is -2.37. The van der Waals surface area contributed by atoms with Crippen LogP contribution >= 0.6 is 11.6 Å². The summed E-state index contributed by atoms with van der Waals surface area (Å²) in [7, 11) is 0. The number of carbonyl (C=O) groups is 1. The number of carboxylic acid groups (broad SMARTS) is 1. The van der Waals surface area contributed by atoms with Crippen LogP contribution in [0.4, 0.5) is 5.69 Å². The normalized spacial score (nSPS) is 20.1. The van der Waals surface area contributed by atoms with E-state index < -0.39 is 5.97 Å². The van der Waals surface area contributed by atoms with Crippen LogP contribution in [-0.2, 0) is 0 Å². The summed E-state index contributed by atoms with van der Waals surface area (Å²) in [6.45, 7) is 4.86. The second kappa shape index (κ2) is 5.62. The SMILES string of the molecule is O=C(O)c1cccc(Cl)c1N1CCN(CC2CC2)CC1. The predicted octanol–water partition coefficient (Wildman–Crippen LogP) is 2.57. The summed E-state index contributed by atoms with van der Waals surface area (Å²) in [4.78, 5) is 15.9. The highest BCUT2D eigenvalue weighted by Crippen LogP contribution is 2.32. The molecule has 1 saturated carbocycles. The number of hydrogen-bond acceptors (Lipinski definition) is 3. The quantitative estimate of drug-likeness (QED) is 0.927. The molecule has 1 aliphatic heterocycles. The molecule has 1 N–H and O–H groups in total. The molecule has 2 fully saturated rings. The summed E-state index contributed by atoms with van der Waals surface area (Å²) >= 11 is 6.22. The Morgan fingerprint density at radius 1 is 1.25 bits per heavy atom. The van der Waals surface area contributed by atoms with Crippen LogP contribution in [0, 0.1) is 5.92 Å². The zero-order valence-corrected chi connectivity index (χ0v) is 12.1. The molecule has 108 valence electrons. The molecule has 0 atom stereocenters. The van der Waals surface area contributed by atoms with Gasteiger partial charge in [0.05, 0.1) is 16.3 Å². The van der Waals surface area contributed by atoms with E-state index in [1.54, 1.807) is 18.2 Å². The van der Waals surface area contributed by atoms with Crippen molar-refractivity contribution < 1.29 is 9.90 Å². The molecule has 0 radical (unpaired) electrons. The van der Waals surface area contributed by atoms with Gasteiger partial charge in [-0.2, -0.15) is 0 Å². The largest absolute Gasteiger partial charge is 0.478 e. The summed E-state index contributed by atoms with van der Waals surface area (Å²) < 4.78 is 0. The molecule has 0 aromatic heterocycles. The van der Waals surface area contributed by atoms with Crippen molar-refractivity contribution in [1.29, 1.82) is 0 Å². The standard InChI is InChI=1S/C15H19ClN2O2/c16-13-3-1-2-12(15(19)20)14(13)18-8-6-17(7-9-18)10-11-4-5-11/h1-3,11H,4-10H2,(H,19,20). The molecule has 2 aliphatic rings. The van der Waals surface area contributed by atoms with E-state index in [1.165, 1.54) is 19.4 Å². The molecule has 4 nitrogen and oxygen atoms in total. The first-order valence-electron chi connectivity index (χ1n) is 7.14. The Bertz CT molecular complexity index is 509. The molecular formula is C15H19ClN2O2. The van der Waals surface area contributed by atoms with Crippen molar-refractivity contribution in [1.82, 2.24) is 4.90 Å². The number of anilines is 1. The maximum absolute atomic E-state index is 11.3. The van der Waals surface area contributed by atoms with Crippen molar-refractivity contribution in [3.63, 3.8) is 0 Å². The Hall–Kier alpha value is -1.26. The minimum absolute atomic E-state index is 0.299. The summed E-state index contributed by atoms with van der Waals surface area (Å²) in [6, 6.07) is 5.08. The Morgan fingerprint density at radius 3 is 2.55 bits per heavy atom. The van der Waals surface area contributed by atoms with E-state index in [1.807, 2.05) is 0 Å². The minimum Gasteiger partial charge on any atom is -0.478 e. The molecule has 1 aliphatic carbocycles. The van der Waals surface area contributed by atoms with Gasteiger partial charge in [-0.1, -0.05) is 17.7 Å². The van der Waals surface area contributed by atoms with Gasteiger partial charge in [0.2, 0.25) is 0 Å². The fourth-order valence-corrected chi connectivity index (χ4v) is 3.12. The predicted molar refractivity (Wildman–Crippen MR) is 79.8 cm³/mol. The van der Waals surface area contributed by atoms with Crippen LogP contribution in [0.2, 0.25) is 5.02 Å². The van der Waals surface area contributed by atoms with Crippen LogP contribution < -0.4 is 4.90 Å². The highest BCUT2D eigenvalue weighted by atomic mass is 35.5. The second-order valence-corrected chi connectivity index (χ2v) is 6.08. The number of nitrogens with zero attached hydrogens (tertiary/aromatic N) is 2. The Morgan fingerprint density at radius 2 is 1.95 bits per heavy atom. The third-order valence-corrected chi connectivity index (χ3v) is 4.42. The van der Waals surface area contributed by atoms with Crippen LogP contribution in [0.3, 0.4) is 0 Å². The van der Waals surface area contributed by atoms with E-state index in [0.717, 1.165) is 32.1 Å². The number of rotatable bonds is 4. The number of hydrogen-bond donors (Lipinski definition) is 1. The van der Waals surface area contributed by atoms with Gasteiger partial charge < -0.3 is 10.0 Å².